The van der Waals surface area contributed by atoms with Gasteiger partial charge < -0.3 is 20.1 Å². The lowest BCUT2D eigenvalue weighted by molar-refractivity contribution is 0.100. The van der Waals surface area contributed by atoms with Crippen LogP contribution in [0.1, 0.15) is 21.5 Å². The molecule has 1 heterocycles. The van der Waals surface area contributed by atoms with Crippen LogP contribution in [0.5, 0.6) is 11.5 Å². The average molecular weight is 312 g/mol. The minimum Gasteiger partial charge on any atom is -0.493 e. The van der Waals surface area contributed by atoms with Gasteiger partial charge in [-0.25, -0.2) is 0 Å². The SMILES string of the molecule is COc1cc2c(cc1OC)CN(c1ccccc1C(N)=O)CC2. The summed E-state index contributed by atoms with van der Waals surface area (Å²) in [7, 11) is 3.27. The molecule has 0 atom stereocenters. The van der Waals surface area contributed by atoms with Crippen LogP contribution in [-0.2, 0) is 13.0 Å². The molecule has 1 aliphatic rings. The molecule has 1 aliphatic heterocycles. The third kappa shape index (κ3) is 2.82. The van der Waals surface area contributed by atoms with Crippen molar-refractivity contribution in [3.63, 3.8) is 0 Å². The minimum absolute atomic E-state index is 0.404. The average Bonchev–Trinajstić information content (AvgIpc) is 2.59. The molecule has 0 fully saturated rings. The summed E-state index contributed by atoms with van der Waals surface area (Å²) in [6.45, 7) is 1.53. The zero-order valence-corrected chi connectivity index (χ0v) is 13.3. The van der Waals surface area contributed by atoms with E-state index in [9.17, 15) is 4.79 Å². The highest BCUT2D eigenvalue weighted by atomic mass is 16.5. The minimum atomic E-state index is -0.404. The number of rotatable bonds is 4. The summed E-state index contributed by atoms with van der Waals surface area (Å²) < 4.78 is 10.8. The van der Waals surface area contributed by atoms with Gasteiger partial charge in [0, 0.05) is 18.8 Å². The maximum atomic E-state index is 11.7. The van der Waals surface area contributed by atoms with Crippen LogP contribution < -0.4 is 20.1 Å². The van der Waals surface area contributed by atoms with Gasteiger partial charge in [0.1, 0.15) is 0 Å². The van der Waals surface area contributed by atoms with Crippen molar-refractivity contribution < 1.29 is 14.3 Å². The lowest BCUT2D eigenvalue weighted by Crippen LogP contribution is -2.32. The normalized spacial score (nSPS) is 13.4. The molecule has 5 heteroatoms. The zero-order chi connectivity index (χ0) is 16.4. The van der Waals surface area contributed by atoms with E-state index in [0.29, 0.717) is 12.1 Å². The smallest absolute Gasteiger partial charge is 0.250 e. The van der Waals surface area contributed by atoms with Gasteiger partial charge in [0.25, 0.3) is 5.91 Å². The summed E-state index contributed by atoms with van der Waals surface area (Å²) in [6.07, 6.45) is 0.878. The van der Waals surface area contributed by atoms with E-state index < -0.39 is 5.91 Å². The Morgan fingerprint density at radius 3 is 2.39 bits per heavy atom. The summed E-state index contributed by atoms with van der Waals surface area (Å²) in [5, 5.41) is 0. The molecule has 2 aromatic carbocycles. The van der Waals surface area contributed by atoms with E-state index in [-0.39, 0.29) is 0 Å². The Morgan fingerprint density at radius 2 is 1.74 bits per heavy atom. The van der Waals surface area contributed by atoms with Crippen molar-refractivity contribution >= 4 is 11.6 Å². The van der Waals surface area contributed by atoms with Crippen LogP contribution in [0.4, 0.5) is 5.69 Å². The molecule has 5 nitrogen and oxygen atoms in total. The third-order valence-corrected chi connectivity index (χ3v) is 4.23. The number of benzene rings is 2. The molecule has 0 radical (unpaired) electrons. The molecule has 0 spiro atoms. The number of ether oxygens (including phenoxy) is 2. The second kappa shape index (κ2) is 6.20. The Labute approximate surface area is 135 Å². The van der Waals surface area contributed by atoms with Crippen molar-refractivity contribution in [2.45, 2.75) is 13.0 Å². The highest BCUT2D eigenvalue weighted by Crippen LogP contribution is 2.35. The molecule has 2 aromatic rings. The van der Waals surface area contributed by atoms with Gasteiger partial charge in [0.2, 0.25) is 0 Å². The quantitative estimate of drug-likeness (QED) is 0.941. The van der Waals surface area contributed by atoms with Gasteiger partial charge >= 0.3 is 0 Å². The maximum absolute atomic E-state index is 11.7. The predicted molar refractivity (Wildman–Crippen MR) is 89.3 cm³/mol. The molecule has 0 saturated heterocycles. The first kappa shape index (κ1) is 15.2. The largest absolute Gasteiger partial charge is 0.493 e. The van der Waals surface area contributed by atoms with E-state index in [2.05, 4.69) is 4.90 Å². The number of anilines is 1. The number of carbonyl (C=O) groups excluding carboxylic acids is 1. The van der Waals surface area contributed by atoms with Gasteiger partial charge in [-0.3, -0.25) is 4.79 Å². The highest BCUT2D eigenvalue weighted by Gasteiger charge is 2.22. The number of primary amides is 1. The molecule has 3 rings (SSSR count). The maximum Gasteiger partial charge on any atom is 0.250 e. The number of para-hydroxylation sites is 1. The lowest BCUT2D eigenvalue weighted by Gasteiger charge is -2.32. The van der Waals surface area contributed by atoms with Gasteiger partial charge in [-0.2, -0.15) is 0 Å². The number of amides is 1. The Bertz CT molecular complexity index is 743. The van der Waals surface area contributed by atoms with Crippen molar-refractivity contribution in [2.75, 3.05) is 25.7 Å². The molecule has 0 bridgehead atoms. The molecular formula is C18H20N2O3. The van der Waals surface area contributed by atoms with Gasteiger partial charge in [0.05, 0.1) is 19.8 Å². The van der Waals surface area contributed by atoms with Gasteiger partial charge in [-0.05, 0) is 41.8 Å². The Balaban J connectivity index is 1.96. The van der Waals surface area contributed by atoms with Crippen molar-refractivity contribution in [1.82, 2.24) is 0 Å². The van der Waals surface area contributed by atoms with Crippen molar-refractivity contribution in [2.24, 2.45) is 5.73 Å². The van der Waals surface area contributed by atoms with E-state index in [4.69, 9.17) is 15.2 Å². The number of hydrogen-bond donors (Lipinski definition) is 1. The fourth-order valence-electron chi connectivity index (χ4n) is 3.05. The molecule has 0 unspecified atom stereocenters. The summed E-state index contributed by atoms with van der Waals surface area (Å²) in [5.41, 5.74) is 9.34. The van der Waals surface area contributed by atoms with Gasteiger partial charge in [-0.1, -0.05) is 12.1 Å². The van der Waals surface area contributed by atoms with Crippen LogP contribution >= 0.6 is 0 Å². The summed E-state index contributed by atoms with van der Waals surface area (Å²) >= 11 is 0. The summed E-state index contributed by atoms with van der Waals surface area (Å²) in [6, 6.07) is 11.5. The standard InChI is InChI=1S/C18H20N2O3/c1-22-16-9-12-7-8-20(11-13(12)10-17(16)23-2)15-6-4-3-5-14(15)18(19)21/h3-6,9-10H,7-8,11H2,1-2H3,(H2,19,21). The molecule has 1 amide bonds. The van der Waals surface area contributed by atoms with Crippen LogP contribution in [0.2, 0.25) is 0 Å². The van der Waals surface area contributed by atoms with Crippen molar-refractivity contribution in [3.05, 3.63) is 53.1 Å². The highest BCUT2D eigenvalue weighted by molar-refractivity contribution is 5.98. The number of nitrogens with zero attached hydrogens (tertiary/aromatic N) is 1. The first-order chi connectivity index (χ1) is 11.1. The molecule has 0 aliphatic carbocycles. The monoisotopic (exact) mass is 312 g/mol. The first-order valence-corrected chi connectivity index (χ1v) is 7.51. The third-order valence-electron chi connectivity index (χ3n) is 4.23. The summed E-state index contributed by atoms with van der Waals surface area (Å²) in [5.74, 6) is 1.06. The van der Waals surface area contributed by atoms with E-state index in [1.54, 1.807) is 20.3 Å². The lowest BCUT2D eigenvalue weighted by atomic mass is 9.97. The number of carbonyl (C=O) groups is 1. The van der Waals surface area contributed by atoms with Crippen LogP contribution in [0.3, 0.4) is 0 Å². The second-order valence-corrected chi connectivity index (χ2v) is 5.53. The Hall–Kier alpha value is -2.69. The van der Waals surface area contributed by atoms with Crippen LogP contribution in [0.25, 0.3) is 0 Å². The zero-order valence-electron chi connectivity index (χ0n) is 13.3. The van der Waals surface area contributed by atoms with Gasteiger partial charge in [0.15, 0.2) is 11.5 Å². The molecule has 0 aromatic heterocycles. The number of hydrogen-bond acceptors (Lipinski definition) is 4. The predicted octanol–water partition coefficient (Wildman–Crippen LogP) is 2.37. The number of nitrogens with two attached hydrogens (primary N) is 1. The van der Waals surface area contributed by atoms with Crippen molar-refractivity contribution in [1.29, 1.82) is 0 Å². The van der Waals surface area contributed by atoms with Crippen LogP contribution in [-0.4, -0.2) is 26.7 Å². The second-order valence-electron chi connectivity index (χ2n) is 5.53. The van der Waals surface area contributed by atoms with E-state index in [0.717, 1.165) is 30.2 Å². The molecular weight excluding hydrogens is 292 g/mol. The van der Waals surface area contributed by atoms with E-state index >= 15 is 0 Å². The number of fused-ring (bicyclic) bond motifs is 1. The molecule has 0 saturated carbocycles. The molecule has 120 valence electrons. The van der Waals surface area contributed by atoms with Gasteiger partial charge in [-0.15, -0.1) is 0 Å². The Kier molecular flexibility index (Phi) is 4.10. The number of methoxy groups -OCH3 is 2. The first-order valence-electron chi connectivity index (χ1n) is 7.51. The fraction of sp³-hybridized carbons (Fsp3) is 0.278. The molecule has 2 N–H and O–H groups in total. The molecule has 23 heavy (non-hydrogen) atoms. The Morgan fingerprint density at radius 1 is 1.09 bits per heavy atom. The van der Waals surface area contributed by atoms with Crippen molar-refractivity contribution in [3.8, 4) is 11.5 Å². The van der Waals surface area contributed by atoms with E-state index in [1.165, 1.54) is 11.1 Å². The van der Waals surface area contributed by atoms with Crippen LogP contribution in [0, 0.1) is 0 Å². The fourth-order valence-corrected chi connectivity index (χ4v) is 3.05. The topological polar surface area (TPSA) is 64.8 Å². The summed E-state index contributed by atoms with van der Waals surface area (Å²) in [4.78, 5) is 13.8. The van der Waals surface area contributed by atoms with Crippen LogP contribution in [0.15, 0.2) is 36.4 Å². The van der Waals surface area contributed by atoms with E-state index in [1.807, 2.05) is 30.3 Å².